The van der Waals surface area contributed by atoms with E-state index in [1.807, 2.05) is 36.0 Å². The molecule has 0 radical (unpaired) electrons. The SMILES string of the molecule is C[C@@H]1CSC[C@@H]1N[C@@H]1CCCN(c2ccn(C)n2)C1=O. The molecular formula is C14H22N4OS. The third-order valence-corrected chi connectivity index (χ3v) is 5.55. The number of thioether (sulfide) groups is 1. The van der Waals surface area contributed by atoms with Crippen LogP contribution in [0.5, 0.6) is 0 Å². The van der Waals surface area contributed by atoms with Crippen molar-refractivity contribution in [3.63, 3.8) is 0 Å². The second-order valence-corrected chi connectivity index (χ2v) is 6.90. The van der Waals surface area contributed by atoms with Crippen molar-refractivity contribution in [2.75, 3.05) is 23.0 Å². The van der Waals surface area contributed by atoms with Crippen LogP contribution in [0.4, 0.5) is 5.82 Å². The molecule has 0 aromatic carbocycles. The Kier molecular flexibility index (Phi) is 4.03. The smallest absolute Gasteiger partial charge is 0.245 e. The number of hydrogen-bond acceptors (Lipinski definition) is 4. The van der Waals surface area contributed by atoms with Gasteiger partial charge in [0.25, 0.3) is 0 Å². The molecule has 0 bridgehead atoms. The maximum atomic E-state index is 12.6. The van der Waals surface area contributed by atoms with E-state index in [2.05, 4.69) is 17.3 Å². The lowest BCUT2D eigenvalue weighted by atomic mass is 10.0. The molecule has 2 aliphatic heterocycles. The van der Waals surface area contributed by atoms with Gasteiger partial charge in [-0.15, -0.1) is 0 Å². The number of amides is 1. The van der Waals surface area contributed by atoms with Gasteiger partial charge in [-0.05, 0) is 24.5 Å². The second-order valence-electron chi connectivity index (χ2n) is 5.82. The van der Waals surface area contributed by atoms with E-state index >= 15 is 0 Å². The first-order valence-electron chi connectivity index (χ1n) is 7.30. The first-order chi connectivity index (χ1) is 9.65. The Balaban J connectivity index is 1.68. The quantitative estimate of drug-likeness (QED) is 0.912. The van der Waals surface area contributed by atoms with Crippen molar-refractivity contribution < 1.29 is 4.79 Å². The van der Waals surface area contributed by atoms with Crippen LogP contribution in [0, 0.1) is 5.92 Å². The van der Waals surface area contributed by atoms with Crippen LogP contribution in [0.1, 0.15) is 19.8 Å². The van der Waals surface area contributed by atoms with E-state index in [9.17, 15) is 4.79 Å². The molecule has 1 aromatic rings. The van der Waals surface area contributed by atoms with Crippen LogP contribution in [0.2, 0.25) is 0 Å². The van der Waals surface area contributed by atoms with Gasteiger partial charge in [-0.1, -0.05) is 6.92 Å². The van der Waals surface area contributed by atoms with Gasteiger partial charge in [-0.3, -0.25) is 14.4 Å². The summed E-state index contributed by atoms with van der Waals surface area (Å²) in [5, 5.41) is 7.93. The van der Waals surface area contributed by atoms with Gasteiger partial charge in [0.1, 0.15) is 0 Å². The van der Waals surface area contributed by atoms with E-state index in [-0.39, 0.29) is 11.9 Å². The van der Waals surface area contributed by atoms with Gasteiger partial charge >= 0.3 is 0 Å². The van der Waals surface area contributed by atoms with Crippen molar-refractivity contribution in [2.24, 2.45) is 13.0 Å². The second kappa shape index (κ2) is 5.77. The van der Waals surface area contributed by atoms with Crippen LogP contribution in [0.15, 0.2) is 12.3 Å². The summed E-state index contributed by atoms with van der Waals surface area (Å²) >= 11 is 1.98. The van der Waals surface area contributed by atoms with Crippen LogP contribution in [-0.2, 0) is 11.8 Å². The minimum absolute atomic E-state index is 0.0445. The van der Waals surface area contributed by atoms with Crippen molar-refractivity contribution in [3.05, 3.63) is 12.3 Å². The Morgan fingerprint density at radius 2 is 2.30 bits per heavy atom. The molecule has 1 N–H and O–H groups in total. The molecule has 2 fully saturated rings. The van der Waals surface area contributed by atoms with Gasteiger partial charge in [-0.2, -0.15) is 16.9 Å². The molecular weight excluding hydrogens is 272 g/mol. The van der Waals surface area contributed by atoms with E-state index in [1.165, 1.54) is 5.75 Å². The number of rotatable bonds is 3. The zero-order valence-corrected chi connectivity index (χ0v) is 12.9. The summed E-state index contributed by atoms with van der Waals surface area (Å²) in [6, 6.07) is 2.34. The molecule has 6 heteroatoms. The normalized spacial score (nSPS) is 31.0. The summed E-state index contributed by atoms with van der Waals surface area (Å²) in [5.74, 6) is 3.92. The number of anilines is 1. The standard InChI is InChI=1S/C14H22N4OS/c1-10-8-20-9-12(10)15-11-4-3-6-18(14(11)19)13-5-7-17(2)16-13/h5,7,10-12,15H,3-4,6,8-9H2,1-2H3/t10-,11-,12+/m1/s1. The summed E-state index contributed by atoms with van der Waals surface area (Å²) in [7, 11) is 1.88. The van der Waals surface area contributed by atoms with Gasteiger partial charge in [-0.25, -0.2) is 0 Å². The summed E-state index contributed by atoms with van der Waals surface area (Å²) in [6.45, 7) is 3.05. The zero-order chi connectivity index (χ0) is 14.1. The number of nitrogens with one attached hydrogen (secondary N) is 1. The van der Waals surface area contributed by atoms with Crippen molar-refractivity contribution >= 4 is 23.5 Å². The fraction of sp³-hybridized carbons (Fsp3) is 0.714. The third-order valence-electron chi connectivity index (χ3n) is 4.20. The number of piperidine rings is 1. The first kappa shape index (κ1) is 13.9. The van der Waals surface area contributed by atoms with E-state index < -0.39 is 0 Å². The Bertz CT molecular complexity index is 489. The Morgan fingerprint density at radius 1 is 1.45 bits per heavy atom. The number of carbonyl (C=O) groups is 1. The minimum atomic E-state index is -0.0445. The number of carbonyl (C=O) groups excluding carboxylic acids is 1. The Labute approximate surface area is 124 Å². The van der Waals surface area contributed by atoms with Crippen LogP contribution < -0.4 is 10.2 Å². The molecule has 0 spiro atoms. The number of nitrogens with zero attached hydrogens (tertiary/aromatic N) is 3. The third kappa shape index (κ3) is 2.72. The topological polar surface area (TPSA) is 50.2 Å². The number of aryl methyl sites for hydroxylation is 1. The molecule has 1 aromatic heterocycles. The molecule has 5 nitrogen and oxygen atoms in total. The number of aromatic nitrogens is 2. The van der Waals surface area contributed by atoms with Gasteiger partial charge in [0.15, 0.2) is 5.82 Å². The highest BCUT2D eigenvalue weighted by atomic mass is 32.2. The minimum Gasteiger partial charge on any atom is -0.302 e. The van der Waals surface area contributed by atoms with Crippen molar-refractivity contribution in [2.45, 2.75) is 31.8 Å². The lowest BCUT2D eigenvalue weighted by Crippen LogP contribution is -2.54. The van der Waals surface area contributed by atoms with Crippen LogP contribution in [-0.4, -0.2) is 45.8 Å². The van der Waals surface area contributed by atoms with Gasteiger partial charge in [0.05, 0.1) is 6.04 Å². The molecule has 0 saturated carbocycles. The number of hydrogen-bond donors (Lipinski definition) is 1. The summed E-state index contributed by atoms with van der Waals surface area (Å²) in [5.41, 5.74) is 0. The van der Waals surface area contributed by atoms with Crippen molar-refractivity contribution in [1.82, 2.24) is 15.1 Å². The fourth-order valence-electron chi connectivity index (χ4n) is 2.94. The van der Waals surface area contributed by atoms with Crippen molar-refractivity contribution in [1.29, 1.82) is 0 Å². The van der Waals surface area contributed by atoms with Gasteiger partial charge < -0.3 is 5.32 Å². The van der Waals surface area contributed by atoms with Crippen LogP contribution >= 0.6 is 11.8 Å². The molecule has 3 atom stereocenters. The summed E-state index contributed by atoms with van der Waals surface area (Å²) in [6.07, 6.45) is 3.86. The predicted molar refractivity (Wildman–Crippen MR) is 82.0 cm³/mol. The lowest BCUT2D eigenvalue weighted by molar-refractivity contribution is -0.122. The summed E-state index contributed by atoms with van der Waals surface area (Å²) < 4.78 is 1.75. The molecule has 2 aliphatic rings. The maximum Gasteiger partial charge on any atom is 0.245 e. The highest BCUT2D eigenvalue weighted by Gasteiger charge is 2.34. The van der Waals surface area contributed by atoms with Crippen LogP contribution in [0.25, 0.3) is 0 Å². The summed E-state index contributed by atoms with van der Waals surface area (Å²) in [4.78, 5) is 14.5. The monoisotopic (exact) mass is 294 g/mol. The van der Waals surface area contributed by atoms with Crippen molar-refractivity contribution in [3.8, 4) is 0 Å². The van der Waals surface area contributed by atoms with E-state index in [4.69, 9.17) is 0 Å². The largest absolute Gasteiger partial charge is 0.302 e. The van der Waals surface area contributed by atoms with Gasteiger partial charge in [0, 0.05) is 37.7 Å². The molecule has 3 heterocycles. The van der Waals surface area contributed by atoms with Crippen LogP contribution in [0.3, 0.4) is 0 Å². The Hall–Kier alpha value is -1.01. The highest BCUT2D eigenvalue weighted by Crippen LogP contribution is 2.26. The average molecular weight is 294 g/mol. The maximum absolute atomic E-state index is 12.6. The average Bonchev–Trinajstić information content (AvgIpc) is 3.02. The molecule has 110 valence electrons. The first-order valence-corrected chi connectivity index (χ1v) is 8.45. The molecule has 0 unspecified atom stereocenters. The van der Waals surface area contributed by atoms with E-state index in [0.717, 1.165) is 31.0 Å². The van der Waals surface area contributed by atoms with E-state index in [1.54, 1.807) is 4.68 Å². The fourth-order valence-corrected chi connectivity index (χ4v) is 4.36. The predicted octanol–water partition coefficient (Wildman–Crippen LogP) is 1.26. The molecule has 1 amide bonds. The highest BCUT2D eigenvalue weighted by molar-refractivity contribution is 7.99. The van der Waals surface area contributed by atoms with E-state index in [0.29, 0.717) is 12.0 Å². The Morgan fingerprint density at radius 3 is 2.95 bits per heavy atom. The molecule has 3 rings (SSSR count). The van der Waals surface area contributed by atoms with Gasteiger partial charge in [0.2, 0.25) is 5.91 Å². The molecule has 0 aliphatic carbocycles. The zero-order valence-electron chi connectivity index (χ0n) is 12.1. The molecule has 20 heavy (non-hydrogen) atoms. The molecule has 2 saturated heterocycles. The lowest BCUT2D eigenvalue weighted by Gasteiger charge is -2.33.